The predicted octanol–water partition coefficient (Wildman–Crippen LogP) is 2.87. The molecule has 24 heavy (non-hydrogen) atoms. The summed E-state index contributed by atoms with van der Waals surface area (Å²) in [4.78, 5) is 12.6. The zero-order valence-electron chi connectivity index (χ0n) is 15.1. The molecule has 0 saturated heterocycles. The van der Waals surface area contributed by atoms with Crippen LogP contribution in [-0.2, 0) is 11.3 Å². The zero-order chi connectivity index (χ0) is 17.7. The summed E-state index contributed by atoms with van der Waals surface area (Å²) in [7, 11) is 0. The standard InChI is InChI=1S/C19H28N4O/c1-5-19(6-2,13-20)18(24)21-12-16-9-7-8-10-17(16)23-15(4)11-14(3)22-23/h7-11H,5-6,12-13,20H2,1-4H3,(H,21,24). The van der Waals surface area contributed by atoms with Gasteiger partial charge in [-0.3, -0.25) is 4.79 Å². The zero-order valence-corrected chi connectivity index (χ0v) is 15.1. The Hall–Kier alpha value is -2.14. The van der Waals surface area contributed by atoms with E-state index in [0.717, 1.165) is 35.5 Å². The number of nitrogens with two attached hydrogens (primary N) is 1. The van der Waals surface area contributed by atoms with Gasteiger partial charge < -0.3 is 11.1 Å². The van der Waals surface area contributed by atoms with Gasteiger partial charge in [0, 0.05) is 18.8 Å². The Morgan fingerprint density at radius 3 is 2.46 bits per heavy atom. The first kappa shape index (κ1) is 18.2. The Balaban J connectivity index is 2.23. The minimum Gasteiger partial charge on any atom is -0.351 e. The maximum atomic E-state index is 12.6. The summed E-state index contributed by atoms with van der Waals surface area (Å²) >= 11 is 0. The summed E-state index contributed by atoms with van der Waals surface area (Å²) in [5, 5.41) is 7.62. The van der Waals surface area contributed by atoms with Crippen molar-refractivity contribution < 1.29 is 4.79 Å². The van der Waals surface area contributed by atoms with Crippen LogP contribution in [0.15, 0.2) is 30.3 Å². The monoisotopic (exact) mass is 328 g/mol. The summed E-state index contributed by atoms with van der Waals surface area (Å²) in [6.45, 7) is 8.87. The second-order valence-corrected chi connectivity index (χ2v) is 6.34. The molecular weight excluding hydrogens is 300 g/mol. The van der Waals surface area contributed by atoms with Gasteiger partial charge in [0.1, 0.15) is 0 Å². The van der Waals surface area contributed by atoms with Crippen LogP contribution in [0.3, 0.4) is 0 Å². The molecule has 0 radical (unpaired) electrons. The van der Waals surface area contributed by atoms with Crippen molar-refractivity contribution in [2.75, 3.05) is 6.54 Å². The molecule has 5 heteroatoms. The van der Waals surface area contributed by atoms with E-state index in [4.69, 9.17) is 5.73 Å². The summed E-state index contributed by atoms with van der Waals surface area (Å²) in [5.74, 6) is 0.0261. The van der Waals surface area contributed by atoms with Crippen LogP contribution in [-0.4, -0.2) is 22.2 Å². The van der Waals surface area contributed by atoms with Crippen LogP contribution in [0.2, 0.25) is 0 Å². The third kappa shape index (κ3) is 3.51. The molecule has 1 aromatic carbocycles. The minimum absolute atomic E-state index is 0.0261. The van der Waals surface area contributed by atoms with Gasteiger partial charge in [0.15, 0.2) is 0 Å². The molecule has 0 fully saturated rings. The van der Waals surface area contributed by atoms with Crippen LogP contribution < -0.4 is 11.1 Å². The molecule has 0 spiro atoms. The van der Waals surface area contributed by atoms with Crippen LogP contribution in [0.5, 0.6) is 0 Å². The van der Waals surface area contributed by atoms with Crippen LogP contribution in [0.4, 0.5) is 0 Å². The van der Waals surface area contributed by atoms with E-state index in [0.29, 0.717) is 13.1 Å². The number of para-hydroxylation sites is 1. The van der Waals surface area contributed by atoms with Crippen molar-refractivity contribution in [3.63, 3.8) is 0 Å². The first-order valence-corrected chi connectivity index (χ1v) is 8.57. The van der Waals surface area contributed by atoms with E-state index in [9.17, 15) is 4.79 Å². The Labute approximate surface area is 144 Å². The number of rotatable bonds is 7. The summed E-state index contributed by atoms with van der Waals surface area (Å²) in [6.07, 6.45) is 1.48. The topological polar surface area (TPSA) is 72.9 Å². The van der Waals surface area contributed by atoms with Crippen molar-refractivity contribution in [2.24, 2.45) is 11.1 Å². The van der Waals surface area contributed by atoms with Gasteiger partial charge in [-0.05, 0) is 44.4 Å². The third-order valence-electron chi connectivity index (χ3n) is 4.89. The number of carbonyl (C=O) groups excluding carboxylic acids is 1. The molecule has 0 aliphatic carbocycles. The van der Waals surface area contributed by atoms with Gasteiger partial charge in [0.2, 0.25) is 5.91 Å². The Kier molecular flexibility index (Phi) is 5.78. The SMILES string of the molecule is CCC(CC)(CN)C(=O)NCc1ccccc1-n1nc(C)cc1C. The second kappa shape index (κ2) is 7.62. The highest BCUT2D eigenvalue weighted by Crippen LogP contribution is 2.25. The van der Waals surface area contributed by atoms with Gasteiger partial charge in [0.25, 0.3) is 0 Å². The Morgan fingerprint density at radius 1 is 1.25 bits per heavy atom. The number of amides is 1. The Morgan fingerprint density at radius 2 is 1.92 bits per heavy atom. The highest BCUT2D eigenvalue weighted by Gasteiger charge is 2.33. The predicted molar refractivity (Wildman–Crippen MR) is 97.0 cm³/mol. The van der Waals surface area contributed by atoms with Crippen LogP contribution in [0.1, 0.15) is 43.6 Å². The van der Waals surface area contributed by atoms with Crippen LogP contribution >= 0.6 is 0 Å². The van der Waals surface area contributed by atoms with E-state index < -0.39 is 5.41 Å². The van der Waals surface area contributed by atoms with E-state index in [1.54, 1.807) is 0 Å². The van der Waals surface area contributed by atoms with E-state index in [2.05, 4.69) is 10.4 Å². The van der Waals surface area contributed by atoms with Crippen molar-refractivity contribution in [3.8, 4) is 5.69 Å². The van der Waals surface area contributed by atoms with Gasteiger partial charge in [-0.25, -0.2) is 4.68 Å². The molecule has 0 aliphatic heterocycles. The smallest absolute Gasteiger partial charge is 0.227 e. The van der Waals surface area contributed by atoms with Crippen LogP contribution in [0, 0.1) is 19.3 Å². The molecular formula is C19H28N4O. The number of hydrogen-bond donors (Lipinski definition) is 2. The van der Waals surface area contributed by atoms with Crippen molar-refractivity contribution in [2.45, 2.75) is 47.1 Å². The highest BCUT2D eigenvalue weighted by molar-refractivity contribution is 5.82. The van der Waals surface area contributed by atoms with E-state index in [-0.39, 0.29) is 5.91 Å². The summed E-state index contributed by atoms with van der Waals surface area (Å²) < 4.78 is 1.92. The lowest BCUT2D eigenvalue weighted by molar-refractivity contribution is -0.131. The molecule has 3 N–H and O–H groups in total. The molecule has 2 aromatic rings. The first-order chi connectivity index (χ1) is 11.5. The molecule has 0 unspecified atom stereocenters. The highest BCUT2D eigenvalue weighted by atomic mass is 16.2. The molecule has 0 aliphatic rings. The third-order valence-corrected chi connectivity index (χ3v) is 4.89. The molecule has 1 amide bonds. The number of nitrogens with one attached hydrogen (secondary N) is 1. The lowest BCUT2D eigenvalue weighted by Gasteiger charge is -2.28. The number of benzene rings is 1. The number of hydrogen-bond acceptors (Lipinski definition) is 3. The van der Waals surface area contributed by atoms with Gasteiger partial charge in [-0.1, -0.05) is 32.0 Å². The molecule has 1 heterocycles. The average Bonchev–Trinajstić information content (AvgIpc) is 2.93. The van der Waals surface area contributed by atoms with Crippen molar-refractivity contribution in [1.82, 2.24) is 15.1 Å². The maximum absolute atomic E-state index is 12.6. The molecule has 0 bridgehead atoms. The molecule has 5 nitrogen and oxygen atoms in total. The molecule has 2 rings (SSSR count). The van der Waals surface area contributed by atoms with E-state index >= 15 is 0 Å². The molecule has 130 valence electrons. The number of aromatic nitrogens is 2. The van der Waals surface area contributed by atoms with Crippen molar-refractivity contribution in [1.29, 1.82) is 0 Å². The van der Waals surface area contributed by atoms with Crippen LogP contribution in [0.25, 0.3) is 5.69 Å². The summed E-state index contributed by atoms with van der Waals surface area (Å²) in [6, 6.07) is 10.1. The van der Waals surface area contributed by atoms with E-state index in [1.807, 2.05) is 62.7 Å². The number of nitrogens with zero attached hydrogens (tertiary/aromatic N) is 2. The quantitative estimate of drug-likeness (QED) is 0.821. The second-order valence-electron chi connectivity index (χ2n) is 6.34. The average molecular weight is 328 g/mol. The fourth-order valence-electron chi connectivity index (χ4n) is 3.06. The van der Waals surface area contributed by atoms with Gasteiger partial charge >= 0.3 is 0 Å². The van der Waals surface area contributed by atoms with Crippen molar-refractivity contribution in [3.05, 3.63) is 47.3 Å². The Bertz CT molecular complexity index is 693. The van der Waals surface area contributed by atoms with Gasteiger partial charge in [-0.15, -0.1) is 0 Å². The minimum atomic E-state index is -0.479. The fraction of sp³-hybridized carbons (Fsp3) is 0.474. The van der Waals surface area contributed by atoms with E-state index in [1.165, 1.54) is 0 Å². The largest absolute Gasteiger partial charge is 0.351 e. The molecule has 0 saturated carbocycles. The van der Waals surface area contributed by atoms with Gasteiger partial charge in [0.05, 0.1) is 16.8 Å². The molecule has 1 aromatic heterocycles. The summed E-state index contributed by atoms with van der Waals surface area (Å²) in [5.41, 5.74) is 9.47. The number of aryl methyl sites for hydroxylation is 2. The number of carbonyl (C=O) groups is 1. The first-order valence-electron chi connectivity index (χ1n) is 8.57. The van der Waals surface area contributed by atoms with Crippen molar-refractivity contribution >= 4 is 5.91 Å². The fourth-order valence-corrected chi connectivity index (χ4v) is 3.06. The van der Waals surface area contributed by atoms with Gasteiger partial charge in [-0.2, -0.15) is 5.10 Å². The molecule has 0 atom stereocenters. The lowest BCUT2D eigenvalue weighted by atomic mass is 9.81. The maximum Gasteiger partial charge on any atom is 0.227 e. The lowest BCUT2D eigenvalue weighted by Crippen LogP contribution is -2.45. The normalized spacial score (nSPS) is 11.5.